The van der Waals surface area contributed by atoms with E-state index in [2.05, 4.69) is 21.2 Å². The van der Waals surface area contributed by atoms with E-state index in [1.807, 2.05) is 12.1 Å². The van der Waals surface area contributed by atoms with Crippen molar-refractivity contribution in [2.24, 2.45) is 0 Å². The summed E-state index contributed by atoms with van der Waals surface area (Å²) in [5.41, 5.74) is 1.18. The molecule has 1 N–H and O–H groups in total. The molecule has 3 saturated heterocycles. The van der Waals surface area contributed by atoms with Crippen LogP contribution in [-0.2, 0) is 16.1 Å². The van der Waals surface area contributed by atoms with Gasteiger partial charge in [0.2, 0.25) is 5.91 Å². The first-order valence-electron chi connectivity index (χ1n) is 10.2. The maximum absolute atomic E-state index is 12.1. The van der Waals surface area contributed by atoms with Crippen LogP contribution in [0.15, 0.2) is 18.2 Å². The number of nitrogens with zero attached hydrogens (tertiary/aromatic N) is 2. The van der Waals surface area contributed by atoms with Crippen LogP contribution in [0.2, 0.25) is 0 Å². The number of likely N-dealkylation sites (tertiary alicyclic amines) is 1. The molecule has 0 aliphatic carbocycles. The van der Waals surface area contributed by atoms with Crippen LogP contribution >= 0.6 is 0 Å². The van der Waals surface area contributed by atoms with Gasteiger partial charge in [-0.2, -0.15) is 0 Å². The molecular formula is C21H31N3O4. The van der Waals surface area contributed by atoms with Crippen molar-refractivity contribution >= 4 is 5.91 Å². The van der Waals surface area contributed by atoms with E-state index in [0.29, 0.717) is 12.6 Å². The number of piperazine rings is 1. The van der Waals surface area contributed by atoms with Crippen LogP contribution in [0.4, 0.5) is 0 Å². The molecular weight excluding hydrogens is 358 g/mol. The Bertz CT molecular complexity index is 697. The number of methoxy groups -OCH3 is 2. The molecule has 1 aromatic rings. The van der Waals surface area contributed by atoms with Crippen molar-refractivity contribution in [2.75, 3.05) is 53.6 Å². The van der Waals surface area contributed by atoms with Gasteiger partial charge in [-0.3, -0.25) is 14.6 Å². The van der Waals surface area contributed by atoms with Gasteiger partial charge in [-0.15, -0.1) is 0 Å². The zero-order valence-electron chi connectivity index (χ0n) is 16.9. The fourth-order valence-electron chi connectivity index (χ4n) is 4.83. The number of rotatable bonds is 5. The summed E-state index contributed by atoms with van der Waals surface area (Å²) in [5, 5.41) is 3.05. The zero-order chi connectivity index (χ0) is 19.6. The van der Waals surface area contributed by atoms with Gasteiger partial charge in [0.1, 0.15) is 11.5 Å². The van der Waals surface area contributed by atoms with E-state index < -0.39 is 0 Å². The third-order valence-corrected chi connectivity index (χ3v) is 6.51. The molecule has 1 aromatic carbocycles. The first-order chi connectivity index (χ1) is 13.6. The zero-order valence-corrected chi connectivity index (χ0v) is 16.9. The minimum atomic E-state index is -0.0000492. The Morgan fingerprint density at radius 1 is 1.25 bits per heavy atom. The average molecular weight is 389 g/mol. The van der Waals surface area contributed by atoms with Gasteiger partial charge < -0.3 is 19.5 Å². The summed E-state index contributed by atoms with van der Waals surface area (Å²) >= 11 is 0. The molecule has 1 atom stereocenters. The Morgan fingerprint density at radius 3 is 2.75 bits per heavy atom. The molecule has 1 spiro atoms. The molecule has 3 heterocycles. The minimum Gasteiger partial charge on any atom is -0.497 e. The number of hydrogen-bond donors (Lipinski definition) is 1. The smallest absolute Gasteiger partial charge is 0.234 e. The van der Waals surface area contributed by atoms with E-state index in [0.717, 1.165) is 70.2 Å². The van der Waals surface area contributed by atoms with Crippen LogP contribution in [0.3, 0.4) is 0 Å². The first-order valence-corrected chi connectivity index (χ1v) is 10.2. The highest BCUT2D eigenvalue weighted by molar-refractivity contribution is 5.79. The SMILES string of the molecule is COc1ccc(CN2CCC(N3CC(=O)NCC34CCOC4)CC2)c(OC)c1. The van der Waals surface area contributed by atoms with Gasteiger partial charge in [0.25, 0.3) is 0 Å². The van der Waals surface area contributed by atoms with Crippen molar-refractivity contribution in [1.82, 2.24) is 15.1 Å². The van der Waals surface area contributed by atoms with E-state index >= 15 is 0 Å². The van der Waals surface area contributed by atoms with Gasteiger partial charge in [0.05, 0.1) is 32.9 Å². The van der Waals surface area contributed by atoms with E-state index in [9.17, 15) is 4.79 Å². The Labute approximate surface area is 166 Å². The fraction of sp³-hybridized carbons (Fsp3) is 0.667. The topological polar surface area (TPSA) is 63.3 Å². The lowest BCUT2D eigenvalue weighted by Gasteiger charge is -2.49. The number of nitrogens with one attached hydrogen (secondary N) is 1. The van der Waals surface area contributed by atoms with Crippen LogP contribution in [-0.4, -0.2) is 80.9 Å². The summed E-state index contributed by atoms with van der Waals surface area (Å²) < 4.78 is 16.6. The predicted octanol–water partition coefficient (Wildman–Crippen LogP) is 1.26. The second-order valence-electron chi connectivity index (χ2n) is 8.12. The maximum atomic E-state index is 12.1. The Hall–Kier alpha value is -1.83. The summed E-state index contributed by atoms with van der Waals surface area (Å²) in [6.45, 7) is 5.66. The summed E-state index contributed by atoms with van der Waals surface area (Å²) in [6.07, 6.45) is 3.16. The normalized spacial score (nSPS) is 27.1. The number of carbonyl (C=O) groups is 1. The highest BCUT2D eigenvalue weighted by Crippen LogP contribution is 2.33. The fourth-order valence-corrected chi connectivity index (χ4v) is 4.83. The van der Waals surface area contributed by atoms with Crippen molar-refractivity contribution in [2.45, 2.75) is 37.4 Å². The monoisotopic (exact) mass is 389 g/mol. The molecule has 3 aliphatic heterocycles. The van der Waals surface area contributed by atoms with Gasteiger partial charge >= 0.3 is 0 Å². The van der Waals surface area contributed by atoms with Crippen molar-refractivity contribution in [3.63, 3.8) is 0 Å². The molecule has 0 aromatic heterocycles. The van der Waals surface area contributed by atoms with E-state index in [4.69, 9.17) is 14.2 Å². The molecule has 1 unspecified atom stereocenters. The number of hydrogen-bond acceptors (Lipinski definition) is 6. The molecule has 3 fully saturated rings. The molecule has 3 aliphatic rings. The van der Waals surface area contributed by atoms with Gasteiger partial charge in [0.15, 0.2) is 0 Å². The van der Waals surface area contributed by atoms with Crippen LogP contribution in [0.25, 0.3) is 0 Å². The molecule has 4 rings (SSSR count). The molecule has 0 saturated carbocycles. The lowest BCUT2D eigenvalue weighted by molar-refractivity contribution is -0.131. The lowest BCUT2D eigenvalue weighted by atomic mass is 9.89. The van der Waals surface area contributed by atoms with Crippen LogP contribution < -0.4 is 14.8 Å². The second-order valence-corrected chi connectivity index (χ2v) is 8.12. The van der Waals surface area contributed by atoms with Crippen molar-refractivity contribution in [3.8, 4) is 11.5 Å². The van der Waals surface area contributed by atoms with Crippen molar-refractivity contribution in [3.05, 3.63) is 23.8 Å². The highest BCUT2D eigenvalue weighted by atomic mass is 16.5. The van der Waals surface area contributed by atoms with Gasteiger partial charge in [-0.1, -0.05) is 6.07 Å². The quantitative estimate of drug-likeness (QED) is 0.818. The molecule has 0 radical (unpaired) electrons. The van der Waals surface area contributed by atoms with E-state index in [1.54, 1.807) is 14.2 Å². The highest BCUT2D eigenvalue weighted by Gasteiger charge is 2.47. The van der Waals surface area contributed by atoms with Crippen molar-refractivity contribution < 1.29 is 19.0 Å². The van der Waals surface area contributed by atoms with Crippen LogP contribution in [0.5, 0.6) is 11.5 Å². The Kier molecular flexibility index (Phi) is 5.75. The molecule has 0 bridgehead atoms. The van der Waals surface area contributed by atoms with E-state index in [1.165, 1.54) is 5.56 Å². The van der Waals surface area contributed by atoms with Crippen LogP contribution in [0, 0.1) is 0 Å². The number of ether oxygens (including phenoxy) is 3. The molecule has 1 amide bonds. The summed E-state index contributed by atoms with van der Waals surface area (Å²) in [7, 11) is 3.37. The third kappa shape index (κ3) is 3.83. The van der Waals surface area contributed by atoms with Gasteiger partial charge in [-0.05, 0) is 38.4 Å². The average Bonchev–Trinajstić information content (AvgIpc) is 3.20. The summed E-state index contributed by atoms with van der Waals surface area (Å²) in [6, 6.07) is 6.46. The third-order valence-electron chi connectivity index (χ3n) is 6.51. The maximum Gasteiger partial charge on any atom is 0.234 e. The molecule has 7 heteroatoms. The second kappa shape index (κ2) is 8.27. The number of benzene rings is 1. The standard InChI is InChI=1S/C21H31N3O4/c1-26-18-4-3-16(19(11-18)27-2)12-23-8-5-17(6-9-23)24-13-20(25)22-14-21(24)7-10-28-15-21/h3-4,11,17H,5-10,12-15H2,1-2H3,(H,22,25). The predicted molar refractivity (Wildman–Crippen MR) is 106 cm³/mol. The minimum absolute atomic E-state index is 0.0000492. The van der Waals surface area contributed by atoms with Gasteiger partial charge in [-0.25, -0.2) is 0 Å². The Morgan fingerprint density at radius 2 is 2.07 bits per heavy atom. The van der Waals surface area contributed by atoms with Crippen LogP contribution in [0.1, 0.15) is 24.8 Å². The first kappa shape index (κ1) is 19.5. The molecule has 28 heavy (non-hydrogen) atoms. The Balaban J connectivity index is 1.38. The largest absolute Gasteiger partial charge is 0.497 e. The molecule has 154 valence electrons. The summed E-state index contributed by atoms with van der Waals surface area (Å²) in [5.74, 6) is 1.82. The summed E-state index contributed by atoms with van der Waals surface area (Å²) in [4.78, 5) is 17.0. The molecule has 7 nitrogen and oxygen atoms in total. The number of carbonyl (C=O) groups excluding carboxylic acids is 1. The van der Waals surface area contributed by atoms with E-state index in [-0.39, 0.29) is 11.4 Å². The number of amides is 1. The van der Waals surface area contributed by atoms with Crippen molar-refractivity contribution in [1.29, 1.82) is 0 Å². The van der Waals surface area contributed by atoms with Gasteiger partial charge in [0, 0.05) is 37.4 Å². The lowest BCUT2D eigenvalue weighted by Crippen LogP contribution is -2.67. The number of piperidine rings is 1.